The molecule has 0 radical (unpaired) electrons. The Morgan fingerprint density at radius 2 is 2.31 bits per heavy atom. The van der Waals surface area contributed by atoms with Crippen molar-refractivity contribution < 1.29 is 9.90 Å². The maximum Gasteiger partial charge on any atom is 0.320 e. The minimum Gasteiger partial charge on any atom is -0.480 e. The number of aliphatic carboxylic acids is 1. The van der Waals surface area contributed by atoms with E-state index in [4.69, 9.17) is 11.5 Å². The molecular weight excluding hydrogens is 190 g/mol. The van der Waals surface area contributed by atoms with Crippen LogP contribution in [-0.4, -0.2) is 35.1 Å². The third-order valence-electron chi connectivity index (χ3n) is 2.19. The van der Waals surface area contributed by atoms with Crippen molar-refractivity contribution in [2.45, 2.75) is 25.3 Å². The topological polar surface area (TPSA) is 40.5 Å². The fourth-order valence-electron chi connectivity index (χ4n) is 1.58. The van der Waals surface area contributed by atoms with E-state index in [1.165, 1.54) is 0 Å². The van der Waals surface area contributed by atoms with Crippen LogP contribution >= 0.6 is 12.4 Å². The van der Waals surface area contributed by atoms with Gasteiger partial charge in [-0.05, 0) is 19.4 Å². The monoisotopic (exact) mass is 203 g/mol. The molecule has 0 aromatic rings. The van der Waals surface area contributed by atoms with Gasteiger partial charge in [0.2, 0.25) is 0 Å². The Labute approximate surface area is 84.5 Å². The van der Waals surface area contributed by atoms with Crippen LogP contribution in [0.2, 0.25) is 0 Å². The number of terminal acetylenes is 1. The third-order valence-corrected chi connectivity index (χ3v) is 2.19. The highest BCUT2D eigenvalue weighted by Crippen LogP contribution is 2.16. The van der Waals surface area contributed by atoms with Crippen molar-refractivity contribution in [2.75, 3.05) is 13.1 Å². The average molecular weight is 204 g/mol. The van der Waals surface area contributed by atoms with Gasteiger partial charge in [0.25, 0.3) is 0 Å². The molecule has 1 rings (SSSR count). The number of hydrogen-bond acceptors (Lipinski definition) is 2. The molecule has 1 aliphatic heterocycles. The number of halogens is 1. The van der Waals surface area contributed by atoms with Gasteiger partial charge in [0, 0.05) is 0 Å². The number of carboxylic acids is 1. The predicted molar refractivity (Wildman–Crippen MR) is 52.9 cm³/mol. The lowest BCUT2D eigenvalue weighted by atomic mass is 10.0. The van der Waals surface area contributed by atoms with E-state index in [1.54, 1.807) is 0 Å². The summed E-state index contributed by atoms with van der Waals surface area (Å²) in [7, 11) is 0. The molecule has 0 amide bonds. The summed E-state index contributed by atoms with van der Waals surface area (Å²) >= 11 is 0. The van der Waals surface area contributed by atoms with E-state index >= 15 is 0 Å². The Morgan fingerprint density at radius 1 is 1.62 bits per heavy atom. The van der Waals surface area contributed by atoms with Crippen molar-refractivity contribution in [3.8, 4) is 12.3 Å². The van der Waals surface area contributed by atoms with Gasteiger partial charge in [-0.25, -0.2) is 0 Å². The van der Waals surface area contributed by atoms with Gasteiger partial charge in [0.1, 0.15) is 6.04 Å². The number of piperidine rings is 1. The lowest BCUT2D eigenvalue weighted by molar-refractivity contribution is -0.144. The molecule has 74 valence electrons. The number of rotatable bonds is 2. The normalized spacial score (nSPS) is 22.8. The number of hydrogen-bond donors (Lipinski definition) is 1. The van der Waals surface area contributed by atoms with Crippen molar-refractivity contribution >= 4 is 18.4 Å². The van der Waals surface area contributed by atoms with E-state index in [0.717, 1.165) is 25.8 Å². The van der Waals surface area contributed by atoms with Crippen molar-refractivity contribution in [3.05, 3.63) is 0 Å². The summed E-state index contributed by atoms with van der Waals surface area (Å²) in [4.78, 5) is 12.6. The molecule has 4 heteroatoms. The molecule has 1 saturated heterocycles. The predicted octanol–water partition coefficient (Wildman–Crippen LogP) is 0.980. The fourth-order valence-corrected chi connectivity index (χ4v) is 1.58. The van der Waals surface area contributed by atoms with Gasteiger partial charge in [-0.15, -0.1) is 18.8 Å². The van der Waals surface area contributed by atoms with Crippen LogP contribution in [0.4, 0.5) is 0 Å². The van der Waals surface area contributed by atoms with Gasteiger partial charge in [0.05, 0.1) is 6.54 Å². The van der Waals surface area contributed by atoms with Crippen LogP contribution in [0.15, 0.2) is 0 Å². The number of carbonyl (C=O) groups is 1. The second kappa shape index (κ2) is 5.85. The third kappa shape index (κ3) is 3.25. The standard InChI is InChI=1S/C9H13NO2.ClH/c1-2-6-10-7-4-3-5-8(10)9(11)12;/h1,8H,3-7H2,(H,11,12);1H. The zero-order chi connectivity index (χ0) is 8.97. The Bertz CT molecular complexity index is 212. The van der Waals surface area contributed by atoms with E-state index in [1.807, 2.05) is 4.90 Å². The van der Waals surface area contributed by atoms with Crippen LogP contribution in [0.25, 0.3) is 0 Å². The van der Waals surface area contributed by atoms with Gasteiger partial charge < -0.3 is 5.11 Å². The van der Waals surface area contributed by atoms with Crippen molar-refractivity contribution in [2.24, 2.45) is 0 Å². The molecule has 1 aliphatic rings. The van der Waals surface area contributed by atoms with Crippen LogP contribution in [0, 0.1) is 12.3 Å². The minimum atomic E-state index is -0.745. The first-order valence-electron chi connectivity index (χ1n) is 4.16. The van der Waals surface area contributed by atoms with Crippen LogP contribution in [0.5, 0.6) is 0 Å². The molecule has 0 bridgehead atoms. The van der Waals surface area contributed by atoms with Gasteiger partial charge in [-0.3, -0.25) is 9.69 Å². The van der Waals surface area contributed by atoms with Gasteiger partial charge in [0.15, 0.2) is 0 Å². The second-order valence-electron chi connectivity index (χ2n) is 3.02. The second-order valence-corrected chi connectivity index (χ2v) is 3.02. The van der Waals surface area contributed by atoms with E-state index < -0.39 is 5.97 Å². The molecule has 1 N–H and O–H groups in total. The first-order chi connectivity index (χ1) is 5.75. The van der Waals surface area contributed by atoms with Crippen LogP contribution in [0.3, 0.4) is 0 Å². The molecule has 0 saturated carbocycles. The molecule has 1 unspecified atom stereocenters. The summed E-state index contributed by atoms with van der Waals surface area (Å²) in [5.74, 6) is 1.74. The highest BCUT2D eigenvalue weighted by Gasteiger charge is 2.27. The maximum atomic E-state index is 10.7. The summed E-state index contributed by atoms with van der Waals surface area (Å²) in [6.07, 6.45) is 7.93. The molecule has 0 aromatic heterocycles. The first kappa shape index (κ1) is 12.3. The number of likely N-dealkylation sites (tertiary alicyclic amines) is 1. The Morgan fingerprint density at radius 3 is 2.85 bits per heavy atom. The zero-order valence-electron chi connectivity index (χ0n) is 7.40. The fraction of sp³-hybridized carbons (Fsp3) is 0.667. The summed E-state index contributed by atoms with van der Waals surface area (Å²) < 4.78 is 0. The Kier molecular flexibility index (Phi) is 5.52. The zero-order valence-corrected chi connectivity index (χ0v) is 8.22. The van der Waals surface area contributed by atoms with Crippen LogP contribution < -0.4 is 0 Å². The van der Waals surface area contributed by atoms with Crippen molar-refractivity contribution in [1.29, 1.82) is 0 Å². The highest BCUT2D eigenvalue weighted by atomic mass is 35.5. The summed E-state index contributed by atoms with van der Waals surface area (Å²) in [5.41, 5.74) is 0. The van der Waals surface area contributed by atoms with Crippen molar-refractivity contribution in [3.63, 3.8) is 0 Å². The molecule has 0 aliphatic carbocycles. The lowest BCUT2D eigenvalue weighted by Crippen LogP contribution is -2.44. The Hall–Kier alpha value is -0.720. The summed E-state index contributed by atoms with van der Waals surface area (Å²) in [6.45, 7) is 1.28. The van der Waals surface area contributed by atoms with E-state index in [2.05, 4.69) is 5.92 Å². The van der Waals surface area contributed by atoms with Gasteiger partial charge in [-0.2, -0.15) is 0 Å². The van der Waals surface area contributed by atoms with Crippen LogP contribution in [0.1, 0.15) is 19.3 Å². The number of carboxylic acid groups (broad SMARTS) is 1. The van der Waals surface area contributed by atoms with E-state index in [0.29, 0.717) is 6.54 Å². The summed E-state index contributed by atoms with van der Waals surface area (Å²) in [6, 6.07) is -0.352. The molecule has 0 aromatic carbocycles. The average Bonchev–Trinajstić information content (AvgIpc) is 2.05. The van der Waals surface area contributed by atoms with Crippen molar-refractivity contribution in [1.82, 2.24) is 4.90 Å². The highest BCUT2D eigenvalue weighted by molar-refractivity contribution is 5.85. The molecular formula is C9H14ClNO2. The van der Waals surface area contributed by atoms with Gasteiger partial charge in [-0.1, -0.05) is 12.3 Å². The minimum absolute atomic E-state index is 0. The van der Waals surface area contributed by atoms with E-state index in [-0.39, 0.29) is 18.4 Å². The SMILES string of the molecule is C#CCN1CCCCC1C(=O)O.Cl. The Balaban J connectivity index is 0.00000144. The lowest BCUT2D eigenvalue weighted by Gasteiger charge is -2.30. The van der Waals surface area contributed by atoms with Crippen LogP contribution in [-0.2, 0) is 4.79 Å². The molecule has 13 heavy (non-hydrogen) atoms. The molecule has 1 heterocycles. The smallest absolute Gasteiger partial charge is 0.320 e. The summed E-state index contributed by atoms with van der Waals surface area (Å²) in [5, 5.41) is 8.83. The number of nitrogens with zero attached hydrogens (tertiary/aromatic N) is 1. The van der Waals surface area contributed by atoms with Gasteiger partial charge >= 0.3 is 5.97 Å². The largest absolute Gasteiger partial charge is 0.480 e. The van der Waals surface area contributed by atoms with E-state index in [9.17, 15) is 4.79 Å². The molecule has 3 nitrogen and oxygen atoms in total. The maximum absolute atomic E-state index is 10.7. The molecule has 1 atom stereocenters. The quantitative estimate of drug-likeness (QED) is 0.681. The molecule has 0 spiro atoms. The molecule has 1 fully saturated rings. The first-order valence-corrected chi connectivity index (χ1v) is 4.16.